The summed E-state index contributed by atoms with van der Waals surface area (Å²) in [5.74, 6) is 0.769. The molecule has 0 aliphatic rings. The molecule has 1 aromatic heterocycles. The Hall–Kier alpha value is -2.79. The van der Waals surface area contributed by atoms with Crippen molar-refractivity contribution in [2.24, 2.45) is 0 Å². The molecule has 0 spiro atoms. The van der Waals surface area contributed by atoms with E-state index in [4.69, 9.17) is 9.15 Å². The van der Waals surface area contributed by atoms with E-state index in [1.54, 1.807) is 13.0 Å². The van der Waals surface area contributed by atoms with Gasteiger partial charge in [0.05, 0.1) is 6.61 Å². The van der Waals surface area contributed by atoms with E-state index in [0.717, 1.165) is 17.0 Å². The molecule has 0 bridgehead atoms. The summed E-state index contributed by atoms with van der Waals surface area (Å²) < 4.78 is 10.6. The molecule has 0 aliphatic heterocycles. The number of nitrogens with two attached hydrogens (primary N) is 1. The minimum absolute atomic E-state index is 0.0568. The van der Waals surface area contributed by atoms with E-state index in [-0.39, 0.29) is 5.75 Å². The zero-order valence-electron chi connectivity index (χ0n) is 13.7. The van der Waals surface area contributed by atoms with Crippen LogP contribution in [0.25, 0.3) is 11.0 Å². The van der Waals surface area contributed by atoms with Gasteiger partial charge in [0.15, 0.2) is 0 Å². The summed E-state index contributed by atoms with van der Waals surface area (Å²) >= 11 is 0. The zero-order valence-corrected chi connectivity index (χ0v) is 13.7. The normalized spacial score (nSPS) is 10.9. The summed E-state index contributed by atoms with van der Waals surface area (Å²) in [7, 11) is 0. The van der Waals surface area contributed by atoms with E-state index >= 15 is 0 Å². The second-order valence-corrected chi connectivity index (χ2v) is 5.61. The van der Waals surface area contributed by atoms with Crippen LogP contribution in [0.5, 0.6) is 11.5 Å². The Kier molecular flexibility index (Phi) is 4.53. The molecular formula is C19H19NO4. The van der Waals surface area contributed by atoms with Crippen molar-refractivity contribution in [1.82, 2.24) is 0 Å². The average molecular weight is 325 g/mol. The van der Waals surface area contributed by atoms with Crippen molar-refractivity contribution in [2.75, 3.05) is 6.61 Å². The molecule has 24 heavy (non-hydrogen) atoms. The summed E-state index contributed by atoms with van der Waals surface area (Å²) in [6.07, 6.45) is 0. The van der Waals surface area contributed by atoms with Gasteiger partial charge in [-0.2, -0.15) is 0 Å². The molecule has 0 amide bonds. The van der Waals surface area contributed by atoms with Crippen LogP contribution >= 0.6 is 0 Å². The first-order valence-electron chi connectivity index (χ1n) is 7.87. The summed E-state index contributed by atoms with van der Waals surface area (Å²) in [6, 6.07) is 12.3. The summed E-state index contributed by atoms with van der Waals surface area (Å²) in [5.41, 5.74) is 2.42. The zero-order chi connectivity index (χ0) is 17.1. The van der Waals surface area contributed by atoms with Crippen LogP contribution in [0.3, 0.4) is 0 Å². The van der Waals surface area contributed by atoms with Crippen molar-refractivity contribution in [1.29, 1.82) is 0 Å². The lowest BCUT2D eigenvalue weighted by molar-refractivity contribution is -0.588. The molecule has 0 saturated heterocycles. The van der Waals surface area contributed by atoms with Crippen LogP contribution in [0, 0.1) is 6.92 Å². The number of aryl methyl sites for hydroxylation is 1. The molecule has 1 heterocycles. The smallest absolute Gasteiger partial charge is 0.336 e. The monoisotopic (exact) mass is 325 g/mol. The van der Waals surface area contributed by atoms with Crippen LogP contribution in [-0.2, 0) is 6.54 Å². The van der Waals surface area contributed by atoms with Gasteiger partial charge >= 0.3 is 5.63 Å². The Morgan fingerprint density at radius 1 is 1.17 bits per heavy atom. The SMILES string of the molecule is CCOc1ccc([NH2+]Cc2cc(=O)oc3cc(C)c([O-])cc23)cc1. The molecular weight excluding hydrogens is 306 g/mol. The van der Waals surface area contributed by atoms with Gasteiger partial charge in [-0.15, -0.1) is 5.75 Å². The highest BCUT2D eigenvalue weighted by atomic mass is 16.5. The summed E-state index contributed by atoms with van der Waals surface area (Å²) in [4.78, 5) is 11.8. The maximum Gasteiger partial charge on any atom is 0.336 e. The van der Waals surface area contributed by atoms with Gasteiger partial charge in [-0.05, 0) is 32.0 Å². The maximum atomic E-state index is 11.9. The molecule has 0 radical (unpaired) electrons. The number of quaternary nitrogens is 1. The third-order valence-corrected chi connectivity index (χ3v) is 3.87. The van der Waals surface area contributed by atoms with E-state index in [1.165, 1.54) is 12.1 Å². The minimum Gasteiger partial charge on any atom is -0.872 e. The molecule has 124 valence electrons. The van der Waals surface area contributed by atoms with Crippen LogP contribution < -0.4 is 20.8 Å². The third-order valence-electron chi connectivity index (χ3n) is 3.87. The largest absolute Gasteiger partial charge is 0.872 e. The molecule has 2 aromatic carbocycles. The van der Waals surface area contributed by atoms with Crippen molar-refractivity contribution < 1.29 is 19.6 Å². The number of fused-ring (bicyclic) bond motifs is 1. The van der Waals surface area contributed by atoms with E-state index < -0.39 is 5.63 Å². The lowest BCUT2D eigenvalue weighted by Gasteiger charge is -2.12. The highest BCUT2D eigenvalue weighted by Crippen LogP contribution is 2.24. The second kappa shape index (κ2) is 6.76. The minimum atomic E-state index is -0.407. The summed E-state index contributed by atoms with van der Waals surface area (Å²) in [5, 5.41) is 14.6. The first kappa shape index (κ1) is 16.1. The lowest BCUT2D eigenvalue weighted by atomic mass is 10.1. The van der Waals surface area contributed by atoms with E-state index in [1.807, 2.05) is 36.5 Å². The summed E-state index contributed by atoms with van der Waals surface area (Å²) in [6.45, 7) is 4.82. The van der Waals surface area contributed by atoms with Crippen molar-refractivity contribution in [3.05, 3.63) is 64.0 Å². The number of benzene rings is 2. The van der Waals surface area contributed by atoms with Gasteiger partial charge in [-0.3, -0.25) is 0 Å². The van der Waals surface area contributed by atoms with Crippen LogP contribution in [0.2, 0.25) is 0 Å². The van der Waals surface area contributed by atoms with E-state index in [9.17, 15) is 9.90 Å². The van der Waals surface area contributed by atoms with Gasteiger partial charge in [0, 0.05) is 29.1 Å². The Bertz CT molecular complexity index is 913. The number of hydrogen-bond acceptors (Lipinski definition) is 4. The molecule has 5 heteroatoms. The number of rotatable bonds is 5. The van der Waals surface area contributed by atoms with Crippen LogP contribution in [0.4, 0.5) is 5.69 Å². The quantitative estimate of drug-likeness (QED) is 0.574. The van der Waals surface area contributed by atoms with E-state index in [0.29, 0.717) is 29.7 Å². The van der Waals surface area contributed by atoms with Gasteiger partial charge in [-0.1, -0.05) is 11.6 Å². The Morgan fingerprint density at radius 3 is 2.62 bits per heavy atom. The molecule has 3 rings (SSSR count). The molecule has 0 unspecified atom stereocenters. The second-order valence-electron chi connectivity index (χ2n) is 5.61. The fraction of sp³-hybridized carbons (Fsp3) is 0.211. The third kappa shape index (κ3) is 3.41. The highest BCUT2D eigenvalue weighted by Gasteiger charge is 2.09. The van der Waals surface area contributed by atoms with E-state index in [2.05, 4.69) is 0 Å². The molecule has 0 atom stereocenters. The van der Waals surface area contributed by atoms with Gasteiger partial charge in [0.25, 0.3) is 0 Å². The first-order valence-corrected chi connectivity index (χ1v) is 7.87. The average Bonchev–Trinajstić information content (AvgIpc) is 2.56. The van der Waals surface area contributed by atoms with Gasteiger partial charge in [0.1, 0.15) is 23.6 Å². The highest BCUT2D eigenvalue weighted by molar-refractivity contribution is 5.82. The number of ether oxygens (including phenoxy) is 1. The molecule has 0 aliphatic carbocycles. The van der Waals surface area contributed by atoms with Crippen LogP contribution in [-0.4, -0.2) is 6.61 Å². The number of hydrogen-bond donors (Lipinski definition) is 1. The fourth-order valence-electron chi connectivity index (χ4n) is 2.62. The molecule has 0 saturated carbocycles. The van der Waals surface area contributed by atoms with Crippen molar-refractivity contribution in [3.8, 4) is 11.5 Å². The first-order chi connectivity index (χ1) is 11.6. The van der Waals surface area contributed by atoms with Crippen molar-refractivity contribution in [2.45, 2.75) is 20.4 Å². The van der Waals surface area contributed by atoms with Crippen LogP contribution in [0.1, 0.15) is 18.1 Å². The van der Waals surface area contributed by atoms with Crippen molar-refractivity contribution >= 4 is 16.7 Å². The predicted molar refractivity (Wildman–Crippen MR) is 89.6 cm³/mol. The Balaban J connectivity index is 1.86. The molecule has 5 nitrogen and oxygen atoms in total. The lowest BCUT2D eigenvalue weighted by Crippen LogP contribution is -2.76. The van der Waals surface area contributed by atoms with Crippen molar-refractivity contribution in [3.63, 3.8) is 0 Å². The Morgan fingerprint density at radius 2 is 1.92 bits per heavy atom. The van der Waals surface area contributed by atoms with Crippen LogP contribution in [0.15, 0.2) is 51.7 Å². The predicted octanol–water partition coefficient (Wildman–Crippen LogP) is 1.97. The maximum absolute atomic E-state index is 11.9. The van der Waals surface area contributed by atoms with Gasteiger partial charge in [-0.25, -0.2) is 4.79 Å². The van der Waals surface area contributed by atoms with Gasteiger partial charge < -0.3 is 19.6 Å². The topological polar surface area (TPSA) is 79.1 Å². The molecule has 2 N–H and O–H groups in total. The standard InChI is InChI=1S/C19H19NO4/c1-3-23-15-6-4-14(5-7-15)20-11-13-9-19(22)24-18-8-12(2)17(21)10-16(13)18/h4-10,20-21H,3,11H2,1-2H3. The fourth-order valence-corrected chi connectivity index (χ4v) is 2.62. The molecule has 3 aromatic rings. The molecule has 0 fully saturated rings. The van der Waals surface area contributed by atoms with Gasteiger partial charge in [0.2, 0.25) is 0 Å². The Labute approximate surface area is 139 Å².